The highest BCUT2D eigenvalue weighted by atomic mass is 14.9. The minimum atomic E-state index is 0.601. The van der Waals surface area contributed by atoms with E-state index in [9.17, 15) is 0 Å². The minimum Gasteiger partial charge on any atom is -0.311 e. The lowest BCUT2D eigenvalue weighted by Gasteiger charge is -2.27. The highest BCUT2D eigenvalue weighted by Crippen LogP contribution is 2.15. The first kappa shape index (κ1) is 11.5. The maximum atomic E-state index is 3.79. The van der Waals surface area contributed by atoms with Crippen molar-refractivity contribution >= 4 is 0 Å². The Morgan fingerprint density at radius 1 is 1.50 bits per heavy atom. The molecule has 1 aliphatic rings. The van der Waals surface area contributed by atoms with Gasteiger partial charge in [-0.05, 0) is 38.5 Å². The van der Waals surface area contributed by atoms with E-state index < -0.39 is 0 Å². The molecule has 0 aromatic heterocycles. The summed E-state index contributed by atoms with van der Waals surface area (Å²) in [5, 5.41) is 3.70. The summed E-state index contributed by atoms with van der Waals surface area (Å²) in [7, 11) is 0. The molecule has 0 saturated heterocycles. The van der Waals surface area contributed by atoms with Gasteiger partial charge in [0.05, 0.1) is 0 Å². The van der Waals surface area contributed by atoms with E-state index >= 15 is 0 Å². The summed E-state index contributed by atoms with van der Waals surface area (Å²) >= 11 is 0. The fourth-order valence-electron chi connectivity index (χ4n) is 1.95. The molecule has 80 valence electrons. The summed E-state index contributed by atoms with van der Waals surface area (Å²) < 4.78 is 0. The van der Waals surface area contributed by atoms with Crippen molar-refractivity contribution in [3.05, 3.63) is 24.8 Å². The van der Waals surface area contributed by atoms with E-state index in [0.29, 0.717) is 18.0 Å². The van der Waals surface area contributed by atoms with Gasteiger partial charge in [0.2, 0.25) is 0 Å². The molecule has 1 nitrogen and oxygen atoms in total. The predicted molar refractivity (Wildman–Crippen MR) is 63.4 cm³/mol. The monoisotopic (exact) mass is 193 g/mol. The quantitative estimate of drug-likeness (QED) is 0.661. The standard InChI is InChI=1S/C13H23N/c1-4-8-11(2)12(3)14-13-9-6-5-7-10-13/h4-6,11-14H,1,7-10H2,2-3H3. The van der Waals surface area contributed by atoms with Crippen LogP contribution < -0.4 is 5.32 Å². The van der Waals surface area contributed by atoms with Crippen LogP contribution in [-0.2, 0) is 0 Å². The second-order valence-electron chi connectivity index (χ2n) is 4.44. The van der Waals surface area contributed by atoms with Gasteiger partial charge in [-0.1, -0.05) is 25.2 Å². The number of rotatable bonds is 5. The van der Waals surface area contributed by atoms with Crippen molar-refractivity contribution in [3.8, 4) is 0 Å². The number of nitrogens with one attached hydrogen (secondary N) is 1. The first-order chi connectivity index (χ1) is 6.74. The Morgan fingerprint density at radius 2 is 2.29 bits per heavy atom. The van der Waals surface area contributed by atoms with Gasteiger partial charge in [-0.3, -0.25) is 0 Å². The molecule has 0 fully saturated rings. The van der Waals surface area contributed by atoms with E-state index in [1.165, 1.54) is 19.3 Å². The topological polar surface area (TPSA) is 12.0 Å². The third kappa shape index (κ3) is 3.67. The Hall–Kier alpha value is -0.560. The SMILES string of the molecule is C=CCC(C)C(C)NC1CC=CCC1. The molecule has 1 rings (SSSR count). The van der Waals surface area contributed by atoms with Gasteiger partial charge >= 0.3 is 0 Å². The number of hydrogen-bond donors (Lipinski definition) is 1. The third-order valence-electron chi connectivity index (χ3n) is 3.16. The molecule has 0 aromatic rings. The van der Waals surface area contributed by atoms with E-state index in [0.717, 1.165) is 6.42 Å². The molecule has 14 heavy (non-hydrogen) atoms. The van der Waals surface area contributed by atoms with E-state index in [1.807, 2.05) is 6.08 Å². The zero-order chi connectivity index (χ0) is 10.4. The smallest absolute Gasteiger partial charge is 0.0107 e. The molecule has 0 heterocycles. The summed E-state index contributed by atoms with van der Waals surface area (Å²) in [6.45, 7) is 8.36. The lowest BCUT2D eigenvalue weighted by molar-refractivity contribution is 0.342. The average Bonchev–Trinajstić information content (AvgIpc) is 2.19. The summed E-state index contributed by atoms with van der Waals surface area (Å²) in [6, 6.07) is 1.30. The molecule has 0 spiro atoms. The van der Waals surface area contributed by atoms with Gasteiger partial charge in [0.25, 0.3) is 0 Å². The van der Waals surface area contributed by atoms with Crippen LogP contribution in [0.3, 0.4) is 0 Å². The first-order valence-electron chi connectivity index (χ1n) is 5.76. The van der Waals surface area contributed by atoms with Gasteiger partial charge < -0.3 is 5.32 Å². The summed E-state index contributed by atoms with van der Waals surface area (Å²) in [5.41, 5.74) is 0. The van der Waals surface area contributed by atoms with Crippen LogP contribution in [0.1, 0.15) is 39.5 Å². The lowest BCUT2D eigenvalue weighted by Crippen LogP contribution is -2.40. The molecule has 1 aliphatic carbocycles. The van der Waals surface area contributed by atoms with Crippen molar-refractivity contribution in [2.75, 3.05) is 0 Å². The first-order valence-corrected chi connectivity index (χ1v) is 5.76. The molecule has 1 heteroatoms. The molecule has 0 saturated carbocycles. The number of allylic oxidation sites excluding steroid dienone is 2. The fraction of sp³-hybridized carbons (Fsp3) is 0.692. The van der Waals surface area contributed by atoms with Crippen molar-refractivity contribution in [3.63, 3.8) is 0 Å². The molecule has 3 unspecified atom stereocenters. The van der Waals surface area contributed by atoms with E-state index in [2.05, 4.69) is 37.9 Å². The van der Waals surface area contributed by atoms with Crippen molar-refractivity contribution in [2.24, 2.45) is 5.92 Å². The Morgan fingerprint density at radius 3 is 2.86 bits per heavy atom. The predicted octanol–water partition coefficient (Wildman–Crippen LogP) is 3.29. The molecule has 0 amide bonds. The molecule has 3 atom stereocenters. The lowest BCUT2D eigenvalue weighted by atomic mass is 9.96. The summed E-state index contributed by atoms with van der Waals surface area (Å²) in [4.78, 5) is 0. The molecule has 1 N–H and O–H groups in total. The summed E-state index contributed by atoms with van der Waals surface area (Å²) in [6.07, 6.45) is 11.4. The molecular formula is C13H23N. The second-order valence-corrected chi connectivity index (χ2v) is 4.44. The van der Waals surface area contributed by atoms with Crippen LogP contribution in [0, 0.1) is 5.92 Å². The highest BCUT2D eigenvalue weighted by Gasteiger charge is 2.16. The van der Waals surface area contributed by atoms with Crippen LogP contribution in [0.25, 0.3) is 0 Å². The van der Waals surface area contributed by atoms with E-state index in [1.54, 1.807) is 0 Å². The molecular weight excluding hydrogens is 170 g/mol. The largest absolute Gasteiger partial charge is 0.311 e. The molecule has 0 radical (unpaired) electrons. The van der Waals surface area contributed by atoms with Gasteiger partial charge in [-0.2, -0.15) is 0 Å². The van der Waals surface area contributed by atoms with Gasteiger partial charge in [-0.15, -0.1) is 6.58 Å². The fourth-order valence-corrected chi connectivity index (χ4v) is 1.95. The van der Waals surface area contributed by atoms with Crippen LogP contribution in [0.2, 0.25) is 0 Å². The number of hydrogen-bond acceptors (Lipinski definition) is 1. The zero-order valence-corrected chi connectivity index (χ0v) is 9.50. The molecule has 0 aromatic carbocycles. The Bertz CT molecular complexity index is 195. The van der Waals surface area contributed by atoms with Gasteiger partial charge in [-0.25, -0.2) is 0 Å². The van der Waals surface area contributed by atoms with Gasteiger partial charge in [0, 0.05) is 12.1 Å². The maximum Gasteiger partial charge on any atom is 0.0107 e. The van der Waals surface area contributed by atoms with E-state index in [4.69, 9.17) is 0 Å². The van der Waals surface area contributed by atoms with Crippen molar-refractivity contribution in [1.29, 1.82) is 0 Å². The average molecular weight is 193 g/mol. The van der Waals surface area contributed by atoms with Crippen molar-refractivity contribution < 1.29 is 0 Å². The van der Waals surface area contributed by atoms with E-state index in [-0.39, 0.29) is 0 Å². The molecule has 0 aliphatic heterocycles. The van der Waals surface area contributed by atoms with Gasteiger partial charge in [0.15, 0.2) is 0 Å². The van der Waals surface area contributed by atoms with Crippen LogP contribution in [0.4, 0.5) is 0 Å². The second kappa shape index (κ2) is 6.02. The highest BCUT2D eigenvalue weighted by molar-refractivity contribution is 4.94. The zero-order valence-electron chi connectivity index (χ0n) is 9.50. The minimum absolute atomic E-state index is 0.601. The Labute approximate surface area is 88.3 Å². The third-order valence-corrected chi connectivity index (χ3v) is 3.16. The van der Waals surface area contributed by atoms with Crippen LogP contribution >= 0.6 is 0 Å². The van der Waals surface area contributed by atoms with Crippen LogP contribution in [0.15, 0.2) is 24.8 Å². The molecule has 0 bridgehead atoms. The van der Waals surface area contributed by atoms with Crippen molar-refractivity contribution in [2.45, 2.75) is 51.6 Å². The van der Waals surface area contributed by atoms with Crippen LogP contribution in [-0.4, -0.2) is 12.1 Å². The van der Waals surface area contributed by atoms with Crippen molar-refractivity contribution in [1.82, 2.24) is 5.32 Å². The Kier molecular flexibility index (Phi) is 4.95. The maximum absolute atomic E-state index is 3.79. The van der Waals surface area contributed by atoms with Gasteiger partial charge in [0.1, 0.15) is 0 Å². The Balaban J connectivity index is 2.27. The van der Waals surface area contributed by atoms with Crippen LogP contribution in [0.5, 0.6) is 0 Å². The summed E-state index contributed by atoms with van der Waals surface area (Å²) in [5.74, 6) is 0.693. The normalized spacial score (nSPS) is 25.7.